The minimum atomic E-state index is 0.574. The summed E-state index contributed by atoms with van der Waals surface area (Å²) in [4.78, 5) is 6.91. The van der Waals surface area contributed by atoms with Crippen LogP contribution in [0.3, 0.4) is 0 Å². The van der Waals surface area contributed by atoms with E-state index in [1.807, 2.05) is 7.05 Å². The Labute approximate surface area is 148 Å². The highest BCUT2D eigenvalue weighted by molar-refractivity contribution is 7.07. The molecule has 0 amide bonds. The van der Waals surface area contributed by atoms with Gasteiger partial charge in [-0.1, -0.05) is 30.3 Å². The molecule has 1 fully saturated rings. The second kappa shape index (κ2) is 8.85. The molecule has 2 heterocycles. The summed E-state index contributed by atoms with van der Waals surface area (Å²) < 4.78 is 0. The highest BCUT2D eigenvalue weighted by atomic mass is 32.1. The maximum Gasteiger partial charge on any atom is 0.191 e. The molecule has 0 bridgehead atoms. The van der Waals surface area contributed by atoms with Crippen molar-refractivity contribution in [2.45, 2.75) is 32.0 Å². The minimum absolute atomic E-state index is 0.574. The largest absolute Gasteiger partial charge is 0.355 e. The van der Waals surface area contributed by atoms with E-state index in [2.05, 4.69) is 67.7 Å². The molecule has 5 heteroatoms. The van der Waals surface area contributed by atoms with Crippen LogP contribution in [0.15, 0.2) is 52.2 Å². The van der Waals surface area contributed by atoms with Crippen molar-refractivity contribution in [3.63, 3.8) is 0 Å². The number of nitrogens with one attached hydrogen (secondary N) is 2. The highest BCUT2D eigenvalue weighted by Crippen LogP contribution is 2.19. The SMILES string of the molecule is CN=C(NCc1ccsc1)NCC1CCCN1Cc1ccccc1. The van der Waals surface area contributed by atoms with Crippen molar-refractivity contribution in [1.29, 1.82) is 0 Å². The smallest absolute Gasteiger partial charge is 0.191 e. The maximum absolute atomic E-state index is 4.34. The minimum Gasteiger partial charge on any atom is -0.355 e. The molecule has 0 aliphatic carbocycles. The molecule has 1 aliphatic heterocycles. The monoisotopic (exact) mass is 342 g/mol. The summed E-state index contributed by atoms with van der Waals surface area (Å²) >= 11 is 1.73. The van der Waals surface area contributed by atoms with Gasteiger partial charge in [0.25, 0.3) is 0 Å². The molecule has 24 heavy (non-hydrogen) atoms. The molecule has 1 aliphatic rings. The summed E-state index contributed by atoms with van der Waals surface area (Å²) in [5.74, 6) is 0.882. The lowest BCUT2D eigenvalue weighted by atomic mass is 10.2. The number of benzene rings is 1. The molecule has 2 aromatic rings. The fourth-order valence-corrected chi connectivity index (χ4v) is 3.84. The third kappa shape index (κ3) is 4.82. The summed E-state index contributed by atoms with van der Waals surface area (Å²) in [5.41, 5.74) is 2.69. The highest BCUT2D eigenvalue weighted by Gasteiger charge is 2.24. The van der Waals surface area contributed by atoms with Crippen LogP contribution in [0.4, 0.5) is 0 Å². The molecule has 0 spiro atoms. The van der Waals surface area contributed by atoms with Crippen LogP contribution >= 0.6 is 11.3 Å². The van der Waals surface area contributed by atoms with E-state index in [-0.39, 0.29) is 0 Å². The first kappa shape index (κ1) is 17.0. The Bertz CT molecular complexity index is 624. The quantitative estimate of drug-likeness (QED) is 0.626. The van der Waals surface area contributed by atoms with E-state index >= 15 is 0 Å². The van der Waals surface area contributed by atoms with E-state index in [4.69, 9.17) is 0 Å². The first-order valence-electron chi connectivity index (χ1n) is 8.58. The first-order chi connectivity index (χ1) is 11.8. The zero-order valence-electron chi connectivity index (χ0n) is 14.2. The number of hydrogen-bond donors (Lipinski definition) is 2. The number of rotatable bonds is 6. The zero-order chi connectivity index (χ0) is 16.6. The standard InChI is InChI=1S/C19H26N4S/c1-20-19(21-12-17-9-11-24-15-17)22-13-18-8-5-10-23(18)14-16-6-3-2-4-7-16/h2-4,6-7,9,11,15,18H,5,8,10,12-14H2,1H3,(H2,20,21,22). The summed E-state index contributed by atoms with van der Waals surface area (Å²) in [5, 5.41) is 11.1. The number of hydrogen-bond acceptors (Lipinski definition) is 3. The van der Waals surface area contributed by atoms with Crippen molar-refractivity contribution in [2.75, 3.05) is 20.1 Å². The molecule has 1 aromatic heterocycles. The van der Waals surface area contributed by atoms with Crippen LogP contribution < -0.4 is 10.6 Å². The molecule has 2 N–H and O–H groups in total. The van der Waals surface area contributed by atoms with Crippen molar-refractivity contribution in [1.82, 2.24) is 15.5 Å². The van der Waals surface area contributed by atoms with E-state index in [0.717, 1.165) is 25.6 Å². The van der Waals surface area contributed by atoms with Gasteiger partial charge in [0, 0.05) is 32.7 Å². The Morgan fingerprint density at radius 3 is 2.83 bits per heavy atom. The summed E-state index contributed by atoms with van der Waals surface area (Å²) in [7, 11) is 1.83. The van der Waals surface area contributed by atoms with Crippen LogP contribution in [0, 0.1) is 0 Å². The van der Waals surface area contributed by atoms with Crippen LogP contribution in [0.25, 0.3) is 0 Å². The predicted molar refractivity (Wildman–Crippen MR) is 102 cm³/mol. The average molecular weight is 343 g/mol. The number of nitrogens with zero attached hydrogens (tertiary/aromatic N) is 2. The van der Waals surface area contributed by atoms with Crippen molar-refractivity contribution >= 4 is 17.3 Å². The average Bonchev–Trinajstić information content (AvgIpc) is 3.28. The van der Waals surface area contributed by atoms with E-state index in [0.29, 0.717) is 6.04 Å². The van der Waals surface area contributed by atoms with Gasteiger partial charge in [-0.15, -0.1) is 0 Å². The Morgan fingerprint density at radius 1 is 1.21 bits per heavy atom. The third-order valence-corrected chi connectivity index (χ3v) is 5.23. The van der Waals surface area contributed by atoms with Crippen LogP contribution in [-0.4, -0.2) is 37.0 Å². The molecule has 4 nitrogen and oxygen atoms in total. The van der Waals surface area contributed by atoms with Crippen molar-refractivity contribution < 1.29 is 0 Å². The molecule has 1 unspecified atom stereocenters. The van der Waals surface area contributed by atoms with Gasteiger partial charge in [0.05, 0.1) is 0 Å². The summed E-state index contributed by atoms with van der Waals surface area (Å²) in [6.07, 6.45) is 2.53. The normalized spacial score (nSPS) is 18.7. The molecule has 1 atom stereocenters. The van der Waals surface area contributed by atoms with E-state index in [9.17, 15) is 0 Å². The lowest BCUT2D eigenvalue weighted by Crippen LogP contribution is -2.44. The third-order valence-electron chi connectivity index (χ3n) is 4.50. The van der Waals surface area contributed by atoms with Crippen molar-refractivity contribution in [3.05, 3.63) is 58.3 Å². The Morgan fingerprint density at radius 2 is 2.08 bits per heavy atom. The van der Waals surface area contributed by atoms with Gasteiger partial charge >= 0.3 is 0 Å². The second-order valence-corrected chi connectivity index (χ2v) is 6.97. The fraction of sp³-hybridized carbons (Fsp3) is 0.421. The Balaban J connectivity index is 1.47. The second-order valence-electron chi connectivity index (χ2n) is 6.19. The molecular formula is C19H26N4S. The van der Waals surface area contributed by atoms with Gasteiger partial charge < -0.3 is 10.6 Å². The van der Waals surface area contributed by atoms with Gasteiger partial charge in [0.2, 0.25) is 0 Å². The molecule has 1 aromatic carbocycles. The molecule has 0 saturated carbocycles. The van der Waals surface area contributed by atoms with Crippen molar-refractivity contribution in [2.24, 2.45) is 4.99 Å². The summed E-state index contributed by atoms with van der Waals surface area (Å²) in [6.45, 7) is 3.98. The predicted octanol–water partition coefficient (Wildman–Crippen LogP) is 3.08. The van der Waals surface area contributed by atoms with Gasteiger partial charge in [0.1, 0.15) is 0 Å². The van der Waals surface area contributed by atoms with E-state index in [1.54, 1.807) is 11.3 Å². The molecule has 128 valence electrons. The topological polar surface area (TPSA) is 39.7 Å². The lowest BCUT2D eigenvalue weighted by molar-refractivity contribution is 0.245. The van der Waals surface area contributed by atoms with Crippen LogP contribution in [0.2, 0.25) is 0 Å². The van der Waals surface area contributed by atoms with Crippen molar-refractivity contribution in [3.8, 4) is 0 Å². The molecule has 1 saturated heterocycles. The van der Waals surface area contributed by atoms with Gasteiger partial charge in [0.15, 0.2) is 5.96 Å². The van der Waals surface area contributed by atoms with Gasteiger partial charge in [-0.3, -0.25) is 9.89 Å². The maximum atomic E-state index is 4.34. The number of thiophene rings is 1. The molecule has 0 radical (unpaired) electrons. The number of guanidine groups is 1. The van der Waals surface area contributed by atoms with Crippen LogP contribution in [-0.2, 0) is 13.1 Å². The summed E-state index contributed by atoms with van der Waals surface area (Å²) in [6, 6.07) is 13.5. The Hall–Kier alpha value is -1.85. The van der Waals surface area contributed by atoms with E-state index < -0.39 is 0 Å². The van der Waals surface area contributed by atoms with Gasteiger partial charge in [-0.2, -0.15) is 11.3 Å². The molecular weight excluding hydrogens is 316 g/mol. The number of likely N-dealkylation sites (tertiary alicyclic amines) is 1. The lowest BCUT2D eigenvalue weighted by Gasteiger charge is -2.25. The van der Waals surface area contributed by atoms with Gasteiger partial charge in [-0.05, 0) is 47.3 Å². The van der Waals surface area contributed by atoms with E-state index in [1.165, 1.54) is 30.5 Å². The van der Waals surface area contributed by atoms with Gasteiger partial charge in [-0.25, -0.2) is 0 Å². The first-order valence-corrected chi connectivity index (χ1v) is 9.53. The molecule has 3 rings (SSSR count). The van der Waals surface area contributed by atoms with Crippen LogP contribution in [0.5, 0.6) is 0 Å². The zero-order valence-corrected chi connectivity index (χ0v) is 15.1. The number of aliphatic imine (C=N–C) groups is 1. The fourth-order valence-electron chi connectivity index (χ4n) is 3.17. The van der Waals surface area contributed by atoms with Crippen LogP contribution in [0.1, 0.15) is 24.0 Å². The Kier molecular flexibility index (Phi) is 6.26.